The Kier molecular flexibility index (Phi) is 5.78. The topological polar surface area (TPSA) is 85.2 Å². The van der Waals surface area contributed by atoms with Crippen LogP contribution in [0.3, 0.4) is 0 Å². The van der Waals surface area contributed by atoms with Crippen molar-refractivity contribution in [2.75, 3.05) is 13.2 Å². The van der Waals surface area contributed by atoms with E-state index in [0.717, 1.165) is 5.56 Å². The molecule has 136 valence electrons. The number of halogens is 2. The maximum atomic E-state index is 12.1. The summed E-state index contributed by atoms with van der Waals surface area (Å²) in [6.07, 6.45) is 0.601. The van der Waals surface area contributed by atoms with Crippen LogP contribution in [0.1, 0.15) is 27.7 Å². The molecule has 2 aromatic carbocycles. The minimum Gasteiger partial charge on any atom is -0.395 e. The molecule has 0 fully saturated rings. The first kappa shape index (κ1) is 18.7. The Morgan fingerprint density at radius 3 is 2.73 bits per heavy atom. The molecule has 0 radical (unpaired) electrons. The second kappa shape index (κ2) is 8.05. The van der Waals surface area contributed by atoms with E-state index in [1.807, 2.05) is 6.07 Å². The predicted molar refractivity (Wildman–Crippen MR) is 101 cm³/mol. The lowest BCUT2D eigenvalue weighted by Gasteiger charge is -2.30. The van der Waals surface area contributed by atoms with Gasteiger partial charge in [0.1, 0.15) is 0 Å². The van der Waals surface area contributed by atoms with Crippen LogP contribution in [0.25, 0.3) is 0 Å². The Bertz CT molecular complexity index is 858. The van der Waals surface area contributed by atoms with Crippen molar-refractivity contribution in [2.45, 2.75) is 12.8 Å². The van der Waals surface area contributed by atoms with Crippen molar-refractivity contribution in [3.05, 3.63) is 63.1 Å². The first-order valence-corrected chi connectivity index (χ1v) is 8.70. The smallest absolute Gasteiger partial charge is 0.251 e. The van der Waals surface area contributed by atoms with Gasteiger partial charge < -0.3 is 20.4 Å². The third kappa shape index (κ3) is 3.99. The van der Waals surface area contributed by atoms with E-state index in [2.05, 4.69) is 10.3 Å². The van der Waals surface area contributed by atoms with Gasteiger partial charge in [0.2, 0.25) is 0 Å². The van der Waals surface area contributed by atoms with E-state index in [1.54, 1.807) is 41.6 Å². The molecule has 3 N–H and O–H groups in total. The van der Waals surface area contributed by atoms with Crippen molar-refractivity contribution in [1.29, 1.82) is 0 Å². The number of aliphatic hydroxyl groups is 2. The van der Waals surface area contributed by atoms with Gasteiger partial charge in [-0.05, 0) is 35.9 Å². The highest BCUT2D eigenvalue weighted by Gasteiger charge is 2.24. The Balaban J connectivity index is 1.81. The largest absolute Gasteiger partial charge is 0.395 e. The molecule has 1 atom stereocenters. The minimum atomic E-state index is -0.956. The number of carbonyl (C=O) groups is 1. The molecule has 3 rings (SSSR count). The zero-order valence-corrected chi connectivity index (χ0v) is 15.2. The number of carbonyl (C=O) groups excluding carboxylic acids is 1. The van der Waals surface area contributed by atoms with Gasteiger partial charge in [0.15, 0.2) is 6.23 Å². The normalized spacial score (nSPS) is 15.7. The number of hydrogen-bond donors (Lipinski definition) is 3. The number of rotatable bonds is 5. The van der Waals surface area contributed by atoms with E-state index in [0.29, 0.717) is 33.4 Å². The van der Waals surface area contributed by atoms with Gasteiger partial charge in [0.25, 0.3) is 5.91 Å². The number of amides is 1. The van der Waals surface area contributed by atoms with E-state index in [1.165, 1.54) is 0 Å². The molecule has 1 aliphatic heterocycles. The number of nitrogens with one attached hydrogen (secondary N) is 1. The molecule has 8 heteroatoms. The lowest BCUT2D eigenvalue weighted by molar-refractivity contribution is 0.0495. The minimum absolute atomic E-state index is 0.138. The molecule has 0 spiro atoms. The Morgan fingerprint density at radius 1 is 1.19 bits per heavy atom. The van der Waals surface area contributed by atoms with E-state index in [9.17, 15) is 9.90 Å². The molecule has 6 nitrogen and oxygen atoms in total. The summed E-state index contributed by atoms with van der Waals surface area (Å²) in [5.74, 6) is -0.320. The highest BCUT2D eigenvalue weighted by atomic mass is 35.5. The fourth-order valence-corrected chi connectivity index (χ4v) is 2.97. The van der Waals surface area contributed by atoms with Crippen LogP contribution in [0, 0.1) is 0 Å². The van der Waals surface area contributed by atoms with Crippen LogP contribution in [-0.2, 0) is 6.54 Å². The quantitative estimate of drug-likeness (QED) is 0.728. The molecule has 0 aliphatic carbocycles. The summed E-state index contributed by atoms with van der Waals surface area (Å²) < 4.78 is 0. The highest BCUT2D eigenvalue weighted by Crippen LogP contribution is 2.33. The molecule has 0 bridgehead atoms. The maximum Gasteiger partial charge on any atom is 0.251 e. The number of benzene rings is 2. The van der Waals surface area contributed by atoms with Gasteiger partial charge in [-0.2, -0.15) is 0 Å². The first-order valence-electron chi connectivity index (χ1n) is 7.94. The summed E-state index contributed by atoms with van der Waals surface area (Å²) in [6, 6.07) is 10.2. The van der Waals surface area contributed by atoms with Crippen LogP contribution in [0.15, 0.2) is 41.4 Å². The zero-order chi connectivity index (χ0) is 18.7. The lowest BCUT2D eigenvalue weighted by atomic mass is 10.0. The molecular formula is C18H17Cl2N3O3. The fraction of sp³-hybridized carbons (Fsp3) is 0.222. The van der Waals surface area contributed by atoms with Crippen molar-refractivity contribution in [3.8, 4) is 0 Å². The fourth-order valence-electron chi connectivity index (χ4n) is 2.65. The summed E-state index contributed by atoms with van der Waals surface area (Å²) in [5, 5.41) is 23.0. The number of nitrogens with zero attached hydrogens (tertiary/aromatic N) is 2. The van der Waals surface area contributed by atoms with Crippen molar-refractivity contribution in [1.82, 2.24) is 10.2 Å². The Labute approximate surface area is 160 Å². The summed E-state index contributed by atoms with van der Waals surface area (Å²) in [6.45, 7) is 0.406. The van der Waals surface area contributed by atoms with Gasteiger partial charge in [-0.1, -0.05) is 29.3 Å². The molecule has 0 saturated carbocycles. The average Bonchev–Trinajstić information content (AvgIpc) is 2.65. The van der Waals surface area contributed by atoms with E-state index < -0.39 is 6.23 Å². The summed E-state index contributed by atoms with van der Waals surface area (Å²) in [7, 11) is 0. The second-order valence-corrected chi connectivity index (χ2v) is 6.61. The van der Waals surface area contributed by atoms with Gasteiger partial charge in [-0.15, -0.1) is 0 Å². The van der Waals surface area contributed by atoms with Gasteiger partial charge in [0.05, 0.1) is 28.7 Å². The molecular weight excluding hydrogens is 377 g/mol. The predicted octanol–water partition coefficient (Wildman–Crippen LogP) is 2.88. The third-order valence-corrected chi connectivity index (χ3v) is 4.71. The summed E-state index contributed by atoms with van der Waals surface area (Å²) in [4.78, 5) is 18.0. The molecule has 2 aromatic rings. The Morgan fingerprint density at radius 2 is 2.00 bits per heavy atom. The van der Waals surface area contributed by atoms with Crippen molar-refractivity contribution in [3.63, 3.8) is 0 Å². The molecule has 1 aliphatic rings. The van der Waals surface area contributed by atoms with Gasteiger partial charge in [-0.25, -0.2) is 4.99 Å². The molecule has 1 amide bonds. The van der Waals surface area contributed by atoms with E-state index in [-0.39, 0.29) is 19.1 Å². The lowest BCUT2D eigenvalue weighted by Crippen LogP contribution is -2.30. The molecule has 0 saturated heterocycles. The third-order valence-electron chi connectivity index (χ3n) is 3.97. The molecule has 0 aromatic heterocycles. The Hall–Kier alpha value is -2.12. The number of hydrogen-bond acceptors (Lipinski definition) is 5. The SMILES string of the molecule is O=C(NCCO)c1ccc2c(c1)C(O)N(Cc1ccc(Cl)c(Cl)c1)C=N2. The number of fused-ring (bicyclic) bond motifs is 1. The van der Waals surface area contributed by atoms with Crippen LogP contribution < -0.4 is 5.32 Å². The van der Waals surface area contributed by atoms with E-state index >= 15 is 0 Å². The standard InChI is InChI=1S/C18H17Cl2N3O3/c19-14-3-1-11(7-15(14)20)9-23-10-22-16-4-2-12(8-13(16)18(23)26)17(25)21-5-6-24/h1-4,7-8,10,18,24,26H,5-6,9H2,(H,21,25). The average molecular weight is 394 g/mol. The van der Waals surface area contributed by atoms with Crippen LogP contribution in [0.2, 0.25) is 10.0 Å². The van der Waals surface area contributed by atoms with Crippen LogP contribution in [0.5, 0.6) is 0 Å². The van der Waals surface area contributed by atoms with Crippen molar-refractivity contribution in [2.24, 2.45) is 4.99 Å². The van der Waals surface area contributed by atoms with Crippen LogP contribution in [-0.4, -0.2) is 40.5 Å². The number of aliphatic imine (C=N–C) groups is 1. The van der Waals surface area contributed by atoms with E-state index in [4.69, 9.17) is 28.3 Å². The van der Waals surface area contributed by atoms with Gasteiger partial charge in [-0.3, -0.25) is 4.79 Å². The summed E-state index contributed by atoms with van der Waals surface area (Å²) in [5.41, 5.74) is 2.39. The monoisotopic (exact) mass is 393 g/mol. The van der Waals surface area contributed by atoms with Gasteiger partial charge >= 0.3 is 0 Å². The molecule has 26 heavy (non-hydrogen) atoms. The van der Waals surface area contributed by atoms with Crippen LogP contribution >= 0.6 is 23.2 Å². The zero-order valence-electron chi connectivity index (χ0n) is 13.7. The molecule has 1 unspecified atom stereocenters. The first-order chi connectivity index (χ1) is 12.5. The van der Waals surface area contributed by atoms with Gasteiger partial charge in [0, 0.05) is 24.2 Å². The van der Waals surface area contributed by atoms with Crippen molar-refractivity contribution < 1.29 is 15.0 Å². The molecule has 1 heterocycles. The van der Waals surface area contributed by atoms with Crippen LogP contribution in [0.4, 0.5) is 5.69 Å². The summed E-state index contributed by atoms with van der Waals surface area (Å²) >= 11 is 12.0. The number of aliphatic hydroxyl groups excluding tert-OH is 2. The maximum absolute atomic E-state index is 12.1. The second-order valence-electron chi connectivity index (χ2n) is 5.79. The van der Waals surface area contributed by atoms with Crippen molar-refractivity contribution >= 4 is 41.1 Å². The highest BCUT2D eigenvalue weighted by molar-refractivity contribution is 6.42.